The van der Waals surface area contributed by atoms with E-state index in [2.05, 4.69) is 37.5 Å². The number of fused-ring (bicyclic) bond motifs is 1. The molecule has 2 heterocycles. The molecule has 34 heavy (non-hydrogen) atoms. The van der Waals surface area contributed by atoms with Crippen LogP contribution in [-0.2, 0) is 26.5 Å². The summed E-state index contributed by atoms with van der Waals surface area (Å²) in [5.41, 5.74) is 3.16. The van der Waals surface area contributed by atoms with Gasteiger partial charge in [-0.1, -0.05) is 6.07 Å². The number of carbonyl (C=O) groups is 1. The third kappa shape index (κ3) is 4.94. The highest BCUT2D eigenvalue weighted by Gasteiger charge is 2.33. The van der Waals surface area contributed by atoms with Crippen LogP contribution in [0.2, 0.25) is 0 Å². The van der Waals surface area contributed by atoms with E-state index in [1.807, 2.05) is 37.6 Å². The van der Waals surface area contributed by atoms with Crippen molar-refractivity contribution in [3.63, 3.8) is 0 Å². The van der Waals surface area contributed by atoms with E-state index in [1.54, 1.807) is 0 Å². The van der Waals surface area contributed by atoms with Crippen LogP contribution < -0.4 is 10.6 Å². The molecule has 1 unspecified atom stereocenters. The van der Waals surface area contributed by atoms with Crippen LogP contribution in [0.5, 0.6) is 0 Å². The van der Waals surface area contributed by atoms with Crippen LogP contribution in [-0.4, -0.2) is 42.2 Å². The predicted octanol–water partition coefficient (Wildman–Crippen LogP) is 4.79. The minimum Gasteiger partial charge on any atom is -0.446 e. The molecule has 4 rings (SSSR count). The van der Waals surface area contributed by atoms with Gasteiger partial charge in [-0.25, -0.2) is 17.9 Å². The predicted molar refractivity (Wildman–Crippen MR) is 133 cm³/mol. The molecular weight excluding hydrogens is 452 g/mol. The molecule has 9 heteroatoms. The summed E-state index contributed by atoms with van der Waals surface area (Å²) in [5, 5.41) is 11.2. The van der Waals surface area contributed by atoms with Gasteiger partial charge in [0, 0.05) is 23.7 Å². The number of alkyl carbamates (subject to hydrolysis) is 1. The number of aryl methyl sites for hydroxylation is 1. The fourth-order valence-corrected chi connectivity index (χ4v) is 6.78. The number of hydrogen-bond acceptors (Lipinski definition) is 6. The van der Waals surface area contributed by atoms with Gasteiger partial charge in [-0.3, -0.25) is 0 Å². The summed E-state index contributed by atoms with van der Waals surface area (Å²) in [5.74, 6) is 1.18. The summed E-state index contributed by atoms with van der Waals surface area (Å²) >= 11 is 0. The Balaban J connectivity index is 1.58. The van der Waals surface area contributed by atoms with Crippen molar-refractivity contribution in [3.05, 3.63) is 35.0 Å². The quantitative estimate of drug-likeness (QED) is 0.627. The molecule has 1 aromatic carbocycles. The largest absolute Gasteiger partial charge is 0.446 e. The van der Waals surface area contributed by atoms with Crippen LogP contribution in [0.3, 0.4) is 0 Å². The van der Waals surface area contributed by atoms with E-state index in [9.17, 15) is 13.2 Å². The second kappa shape index (κ2) is 8.91. The van der Waals surface area contributed by atoms with Crippen LogP contribution >= 0.6 is 0 Å². The van der Waals surface area contributed by atoms with Gasteiger partial charge >= 0.3 is 6.09 Å². The molecule has 0 bridgehead atoms. The van der Waals surface area contributed by atoms with E-state index >= 15 is 0 Å². The number of ether oxygens (including phenoxy) is 1. The average molecular weight is 489 g/mol. The third-order valence-electron chi connectivity index (χ3n) is 6.50. The Labute approximate surface area is 202 Å². The van der Waals surface area contributed by atoms with Gasteiger partial charge in [-0.05, 0) is 84.4 Å². The Bertz CT molecular complexity index is 1190. The number of hydrogen-bond donors (Lipinski definition) is 2. The summed E-state index contributed by atoms with van der Waals surface area (Å²) in [6.45, 7) is 11.9. The monoisotopic (exact) mass is 488 g/mol. The second-order valence-corrected chi connectivity index (χ2v) is 12.9. The number of amides is 1. The van der Waals surface area contributed by atoms with Crippen molar-refractivity contribution < 1.29 is 17.9 Å². The molecule has 1 fully saturated rings. The van der Waals surface area contributed by atoms with Crippen LogP contribution in [0.4, 0.5) is 16.3 Å². The zero-order valence-corrected chi connectivity index (χ0v) is 21.8. The standard InChI is InChI=1S/C25H36N4O4S/c1-15(2)26-24(30)33-18-9-8-17(13-18)21-14-22(29(28-21)25(4,5)6)27-20-10-7-16(3)23-19(20)11-12-34(23,31)32/h7,10,14-15,17-18,27H,8-9,11-13H2,1-6H3,(H,26,30)/t17?,18-/m0/s1. The fraction of sp³-hybridized carbons (Fsp3) is 0.600. The van der Waals surface area contributed by atoms with Crippen LogP contribution in [0, 0.1) is 6.92 Å². The maximum Gasteiger partial charge on any atom is 0.407 e. The van der Waals surface area contributed by atoms with Gasteiger partial charge in [0.05, 0.1) is 21.9 Å². The highest BCUT2D eigenvalue weighted by atomic mass is 32.2. The van der Waals surface area contributed by atoms with Gasteiger partial charge in [0.15, 0.2) is 9.84 Å². The summed E-state index contributed by atoms with van der Waals surface area (Å²) < 4.78 is 32.7. The summed E-state index contributed by atoms with van der Waals surface area (Å²) in [7, 11) is -3.23. The molecule has 1 aliphatic carbocycles. The molecular formula is C25H36N4O4S. The zero-order chi connectivity index (χ0) is 24.8. The van der Waals surface area contributed by atoms with Crippen molar-refractivity contribution in [2.24, 2.45) is 0 Å². The highest BCUT2D eigenvalue weighted by molar-refractivity contribution is 7.91. The first-order valence-electron chi connectivity index (χ1n) is 12.0. The van der Waals surface area contributed by atoms with E-state index < -0.39 is 9.84 Å². The first-order chi connectivity index (χ1) is 15.8. The minimum absolute atomic E-state index is 0.0408. The van der Waals surface area contributed by atoms with Crippen molar-refractivity contribution in [3.8, 4) is 0 Å². The molecule has 0 saturated heterocycles. The topological polar surface area (TPSA) is 102 Å². The van der Waals surface area contributed by atoms with E-state index in [4.69, 9.17) is 9.84 Å². The molecule has 186 valence electrons. The molecule has 2 atom stereocenters. The first-order valence-corrected chi connectivity index (χ1v) is 13.7. The molecule has 0 radical (unpaired) electrons. The summed E-state index contributed by atoms with van der Waals surface area (Å²) in [6.07, 6.45) is 2.47. The Morgan fingerprint density at radius 3 is 2.65 bits per heavy atom. The van der Waals surface area contributed by atoms with Crippen molar-refractivity contribution in [1.29, 1.82) is 0 Å². The van der Waals surface area contributed by atoms with Gasteiger partial charge in [-0.15, -0.1) is 0 Å². The molecule has 1 aromatic heterocycles. The van der Waals surface area contributed by atoms with Crippen molar-refractivity contribution in [2.75, 3.05) is 11.1 Å². The van der Waals surface area contributed by atoms with Crippen molar-refractivity contribution in [2.45, 2.75) is 95.7 Å². The lowest BCUT2D eigenvalue weighted by Crippen LogP contribution is -2.33. The maximum absolute atomic E-state index is 12.6. The molecule has 1 amide bonds. The lowest BCUT2D eigenvalue weighted by molar-refractivity contribution is 0.0981. The van der Waals surface area contributed by atoms with Gasteiger partial charge < -0.3 is 15.4 Å². The minimum atomic E-state index is -3.23. The Hall–Kier alpha value is -2.55. The van der Waals surface area contributed by atoms with E-state index in [0.29, 0.717) is 11.3 Å². The van der Waals surface area contributed by atoms with E-state index in [-0.39, 0.29) is 35.4 Å². The lowest BCUT2D eigenvalue weighted by atomic mass is 10.0. The third-order valence-corrected chi connectivity index (χ3v) is 8.43. The van der Waals surface area contributed by atoms with Crippen LogP contribution in [0.25, 0.3) is 0 Å². The smallest absolute Gasteiger partial charge is 0.407 e. The number of anilines is 2. The van der Waals surface area contributed by atoms with Gasteiger partial charge in [0.2, 0.25) is 0 Å². The molecule has 2 aliphatic rings. The fourth-order valence-electron chi connectivity index (χ4n) is 4.96. The first kappa shape index (κ1) is 24.6. The number of nitrogens with one attached hydrogen (secondary N) is 2. The Kier molecular flexibility index (Phi) is 6.44. The normalized spacial score (nSPS) is 21.5. The molecule has 1 aliphatic heterocycles. The number of aromatic nitrogens is 2. The van der Waals surface area contributed by atoms with Gasteiger partial charge in [0.25, 0.3) is 0 Å². The molecule has 1 saturated carbocycles. The number of nitrogens with zero attached hydrogens (tertiary/aromatic N) is 2. The molecule has 2 N–H and O–H groups in total. The SMILES string of the molecule is Cc1ccc(Nc2cc(C3CC[C@H](OC(=O)NC(C)C)C3)nn2C(C)(C)C)c2c1S(=O)(=O)CC2. The molecule has 2 aromatic rings. The van der Waals surface area contributed by atoms with Crippen LogP contribution in [0.15, 0.2) is 23.1 Å². The Morgan fingerprint density at radius 2 is 1.97 bits per heavy atom. The van der Waals surface area contributed by atoms with Gasteiger partial charge in [0.1, 0.15) is 11.9 Å². The number of rotatable bonds is 5. The lowest BCUT2D eigenvalue weighted by Gasteiger charge is -2.23. The highest BCUT2D eigenvalue weighted by Crippen LogP contribution is 2.40. The zero-order valence-electron chi connectivity index (χ0n) is 20.9. The molecule has 0 spiro atoms. The van der Waals surface area contributed by atoms with Crippen molar-refractivity contribution in [1.82, 2.24) is 15.1 Å². The Morgan fingerprint density at radius 1 is 1.24 bits per heavy atom. The van der Waals surface area contributed by atoms with E-state index in [0.717, 1.165) is 47.6 Å². The summed E-state index contributed by atoms with van der Waals surface area (Å²) in [6, 6.07) is 5.92. The number of carbonyl (C=O) groups excluding carboxylic acids is 1. The summed E-state index contributed by atoms with van der Waals surface area (Å²) in [4.78, 5) is 12.5. The number of benzene rings is 1. The van der Waals surface area contributed by atoms with Crippen molar-refractivity contribution >= 4 is 27.4 Å². The average Bonchev–Trinajstić information content (AvgIpc) is 3.40. The maximum atomic E-state index is 12.6. The van der Waals surface area contributed by atoms with Gasteiger partial charge in [-0.2, -0.15) is 5.10 Å². The van der Waals surface area contributed by atoms with E-state index in [1.165, 1.54) is 0 Å². The molecule has 8 nitrogen and oxygen atoms in total. The van der Waals surface area contributed by atoms with Crippen LogP contribution in [0.1, 0.15) is 76.6 Å². The second-order valence-electron chi connectivity index (χ2n) is 10.8. The number of sulfone groups is 1.